The highest BCUT2D eigenvalue weighted by Crippen LogP contribution is 2.42. The summed E-state index contributed by atoms with van der Waals surface area (Å²) in [5.41, 5.74) is 5.14. The molecule has 2 unspecified atom stereocenters. The highest BCUT2D eigenvalue weighted by atomic mass is 32.2. The van der Waals surface area contributed by atoms with Crippen LogP contribution in [0.4, 0.5) is 10.5 Å². The highest BCUT2D eigenvalue weighted by Gasteiger charge is 2.42. The molecule has 3 amide bonds. The molecule has 2 aromatic carbocycles. The fourth-order valence-corrected chi connectivity index (χ4v) is 4.99. The smallest absolute Gasteiger partial charge is 0.323 e. The van der Waals surface area contributed by atoms with E-state index in [9.17, 15) is 9.59 Å². The predicted octanol–water partition coefficient (Wildman–Crippen LogP) is 4.02. The van der Waals surface area contributed by atoms with Crippen molar-refractivity contribution >= 4 is 29.4 Å². The monoisotopic (exact) mass is 427 g/mol. The normalized spacial score (nSPS) is 18.3. The minimum Gasteiger partial charge on any atom is -0.383 e. The zero-order valence-electron chi connectivity index (χ0n) is 17.9. The van der Waals surface area contributed by atoms with Crippen LogP contribution in [0.3, 0.4) is 0 Å². The van der Waals surface area contributed by atoms with Gasteiger partial charge in [0.2, 0.25) is 5.91 Å². The number of aryl methyl sites for hydroxylation is 3. The van der Waals surface area contributed by atoms with Gasteiger partial charge in [-0.05, 0) is 55.2 Å². The van der Waals surface area contributed by atoms with E-state index in [1.807, 2.05) is 63.2 Å². The number of carbonyl (C=O) groups excluding carboxylic acids is 2. The number of benzene rings is 2. The molecule has 0 aromatic heterocycles. The van der Waals surface area contributed by atoms with Crippen molar-refractivity contribution in [3.63, 3.8) is 0 Å². The number of methoxy groups -OCH3 is 1. The standard InChI is InChI=1S/C23H29N3O3S/c1-15-9-10-18(13-17(15)3)25-23(28)26-20(21(27)24-11-12-29-4)14-30-22(26)19-8-6-5-7-16(19)2/h5-10,13,20,22H,11-12,14H2,1-4H3,(H,24,27)(H,25,28). The molecule has 0 saturated carbocycles. The van der Waals surface area contributed by atoms with Crippen LogP contribution in [-0.4, -0.2) is 48.9 Å². The number of nitrogens with one attached hydrogen (secondary N) is 2. The maximum Gasteiger partial charge on any atom is 0.323 e. The fraction of sp³-hybridized carbons (Fsp3) is 0.391. The molecular formula is C23H29N3O3S. The molecular weight excluding hydrogens is 398 g/mol. The third-order valence-electron chi connectivity index (χ3n) is 5.36. The Labute approximate surface area is 182 Å². The van der Waals surface area contributed by atoms with Crippen LogP contribution >= 0.6 is 11.8 Å². The Morgan fingerprint density at radius 2 is 1.87 bits per heavy atom. The molecule has 2 N–H and O–H groups in total. The second kappa shape index (κ2) is 10.00. The van der Waals surface area contributed by atoms with Gasteiger partial charge < -0.3 is 15.4 Å². The fourth-order valence-electron chi connectivity index (χ4n) is 3.46. The zero-order valence-corrected chi connectivity index (χ0v) is 18.7. The van der Waals surface area contributed by atoms with E-state index in [0.29, 0.717) is 18.9 Å². The third-order valence-corrected chi connectivity index (χ3v) is 6.66. The van der Waals surface area contributed by atoms with E-state index < -0.39 is 6.04 Å². The number of ether oxygens (including phenoxy) is 1. The van der Waals surface area contributed by atoms with Crippen LogP contribution in [0.1, 0.15) is 27.6 Å². The van der Waals surface area contributed by atoms with E-state index in [2.05, 4.69) is 10.6 Å². The van der Waals surface area contributed by atoms with Crippen molar-refractivity contribution in [2.75, 3.05) is 31.3 Å². The quantitative estimate of drug-likeness (QED) is 0.683. The van der Waals surface area contributed by atoms with Gasteiger partial charge in [-0.15, -0.1) is 11.8 Å². The van der Waals surface area contributed by atoms with Crippen LogP contribution in [0, 0.1) is 20.8 Å². The van der Waals surface area contributed by atoms with E-state index in [1.165, 1.54) is 0 Å². The Morgan fingerprint density at radius 3 is 2.57 bits per heavy atom. The van der Waals surface area contributed by atoms with Gasteiger partial charge in [0, 0.05) is 25.1 Å². The van der Waals surface area contributed by atoms with E-state index in [0.717, 1.165) is 27.9 Å². The molecule has 160 valence electrons. The second-order valence-electron chi connectivity index (χ2n) is 7.48. The van der Waals surface area contributed by atoms with Crippen molar-refractivity contribution in [2.45, 2.75) is 32.2 Å². The first kappa shape index (κ1) is 22.2. The van der Waals surface area contributed by atoms with Gasteiger partial charge in [0.05, 0.1) is 6.61 Å². The predicted molar refractivity (Wildman–Crippen MR) is 122 cm³/mol. The lowest BCUT2D eigenvalue weighted by Crippen LogP contribution is -2.49. The first-order valence-corrected chi connectivity index (χ1v) is 11.1. The van der Waals surface area contributed by atoms with Gasteiger partial charge in [-0.1, -0.05) is 30.3 Å². The van der Waals surface area contributed by atoms with E-state index >= 15 is 0 Å². The van der Waals surface area contributed by atoms with Crippen molar-refractivity contribution in [2.24, 2.45) is 0 Å². The summed E-state index contributed by atoms with van der Waals surface area (Å²) in [6.07, 6.45) is 0. The molecule has 1 heterocycles. The van der Waals surface area contributed by atoms with Crippen molar-refractivity contribution in [3.8, 4) is 0 Å². The summed E-state index contributed by atoms with van der Waals surface area (Å²) in [6, 6.07) is 13.0. The minimum atomic E-state index is -0.553. The molecule has 1 saturated heterocycles. The largest absolute Gasteiger partial charge is 0.383 e. The number of anilines is 1. The number of hydrogen-bond acceptors (Lipinski definition) is 4. The lowest BCUT2D eigenvalue weighted by atomic mass is 10.1. The molecule has 3 rings (SSSR count). The number of nitrogens with zero attached hydrogens (tertiary/aromatic N) is 1. The van der Waals surface area contributed by atoms with Gasteiger partial charge in [-0.2, -0.15) is 0 Å². The van der Waals surface area contributed by atoms with Crippen LogP contribution in [0.2, 0.25) is 0 Å². The molecule has 0 bridgehead atoms. The topological polar surface area (TPSA) is 70.7 Å². The third kappa shape index (κ3) is 4.96. The molecule has 0 aliphatic carbocycles. The summed E-state index contributed by atoms with van der Waals surface area (Å²) in [5.74, 6) is 0.379. The highest BCUT2D eigenvalue weighted by molar-refractivity contribution is 7.99. The van der Waals surface area contributed by atoms with Gasteiger partial charge in [-0.25, -0.2) is 4.79 Å². The van der Waals surface area contributed by atoms with E-state index in [4.69, 9.17) is 4.74 Å². The number of amides is 3. The average molecular weight is 428 g/mol. The van der Waals surface area contributed by atoms with Gasteiger partial charge in [0.15, 0.2) is 0 Å². The molecule has 0 radical (unpaired) electrons. The summed E-state index contributed by atoms with van der Waals surface area (Å²) >= 11 is 1.61. The molecule has 1 aliphatic heterocycles. The first-order chi connectivity index (χ1) is 14.4. The van der Waals surface area contributed by atoms with Crippen LogP contribution in [-0.2, 0) is 9.53 Å². The lowest BCUT2D eigenvalue weighted by Gasteiger charge is -2.30. The molecule has 6 nitrogen and oxygen atoms in total. The van der Waals surface area contributed by atoms with Crippen LogP contribution in [0.25, 0.3) is 0 Å². The lowest BCUT2D eigenvalue weighted by molar-refractivity contribution is -0.124. The van der Waals surface area contributed by atoms with Gasteiger partial charge in [0.25, 0.3) is 0 Å². The Bertz CT molecular complexity index is 918. The Hall–Kier alpha value is -2.51. The van der Waals surface area contributed by atoms with Crippen molar-refractivity contribution in [1.29, 1.82) is 0 Å². The summed E-state index contributed by atoms with van der Waals surface area (Å²) in [6.45, 7) is 6.92. The van der Waals surface area contributed by atoms with E-state index in [-0.39, 0.29) is 17.3 Å². The van der Waals surface area contributed by atoms with Crippen molar-refractivity contribution < 1.29 is 14.3 Å². The Morgan fingerprint density at radius 1 is 1.10 bits per heavy atom. The summed E-state index contributed by atoms with van der Waals surface area (Å²) in [4.78, 5) is 27.9. The Kier molecular flexibility index (Phi) is 7.39. The minimum absolute atomic E-state index is 0.161. The maximum absolute atomic E-state index is 13.3. The van der Waals surface area contributed by atoms with Crippen molar-refractivity contribution in [1.82, 2.24) is 10.2 Å². The van der Waals surface area contributed by atoms with Crippen LogP contribution in [0.15, 0.2) is 42.5 Å². The second-order valence-corrected chi connectivity index (χ2v) is 8.59. The summed E-state index contributed by atoms with van der Waals surface area (Å²) in [7, 11) is 1.59. The first-order valence-electron chi connectivity index (χ1n) is 10.0. The van der Waals surface area contributed by atoms with Crippen molar-refractivity contribution in [3.05, 3.63) is 64.7 Å². The molecule has 0 spiro atoms. The molecule has 1 aliphatic rings. The molecule has 7 heteroatoms. The van der Waals surface area contributed by atoms with E-state index in [1.54, 1.807) is 23.8 Å². The molecule has 2 aromatic rings. The summed E-state index contributed by atoms with van der Waals surface area (Å²) in [5, 5.41) is 5.64. The SMILES string of the molecule is COCCNC(=O)C1CSC(c2ccccc2C)N1C(=O)Nc1ccc(C)c(C)c1. The summed E-state index contributed by atoms with van der Waals surface area (Å²) < 4.78 is 5.02. The van der Waals surface area contributed by atoms with Gasteiger partial charge >= 0.3 is 6.03 Å². The van der Waals surface area contributed by atoms with Gasteiger partial charge in [-0.3, -0.25) is 9.69 Å². The molecule has 30 heavy (non-hydrogen) atoms. The maximum atomic E-state index is 13.3. The number of hydrogen-bond donors (Lipinski definition) is 2. The van der Waals surface area contributed by atoms with Gasteiger partial charge in [0.1, 0.15) is 11.4 Å². The van der Waals surface area contributed by atoms with Crippen LogP contribution < -0.4 is 10.6 Å². The average Bonchev–Trinajstić information content (AvgIpc) is 3.16. The molecule has 1 fully saturated rings. The number of thioether (sulfide) groups is 1. The van der Waals surface area contributed by atoms with Crippen LogP contribution in [0.5, 0.6) is 0 Å². The zero-order chi connectivity index (χ0) is 21.7. The molecule has 2 atom stereocenters. The number of urea groups is 1. The number of rotatable bonds is 6. The Balaban J connectivity index is 1.86. The number of carbonyl (C=O) groups is 2.